The summed E-state index contributed by atoms with van der Waals surface area (Å²) in [5.74, 6) is -2.32. The number of hydrogen-bond acceptors (Lipinski definition) is 5. The number of ketones is 1. The lowest BCUT2D eigenvalue weighted by molar-refractivity contribution is -0.161. The number of urea groups is 1. The van der Waals surface area contributed by atoms with E-state index in [1.807, 2.05) is 20.8 Å². The van der Waals surface area contributed by atoms with Crippen LogP contribution in [0, 0.1) is 34.5 Å². The van der Waals surface area contributed by atoms with Crippen molar-refractivity contribution in [3.63, 3.8) is 0 Å². The summed E-state index contributed by atoms with van der Waals surface area (Å²) in [5, 5.41) is 8.76. The molecule has 0 aromatic rings. The van der Waals surface area contributed by atoms with Gasteiger partial charge in [0.15, 0.2) is 0 Å². The number of rotatable bonds is 9. The van der Waals surface area contributed by atoms with Crippen LogP contribution in [-0.4, -0.2) is 64.6 Å². The van der Waals surface area contributed by atoms with Gasteiger partial charge in [-0.1, -0.05) is 59.8 Å². The van der Waals surface area contributed by atoms with Crippen molar-refractivity contribution in [3.8, 4) is 0 Å². The maximum Gasteiger partial charge on any atom is 0.315 e. The molecule has 3 saturated carbocycles. The van der Waals surface area contributed by atoms with Crippen molar-refractivity contribution >= 4 is 29.5 Å². The zero-order chi connectivity index (χ0) is 30.5. The molecule has 0 aromatic carbocycles. The summed E-state index contributed by atoms with van der Waals surface area (Å²) in [6.45, 7) is 14.7. The highest BCUT2D eigenvalue weighted by molar-refractivity contribution is 6.37. The van der Waals surface area contributed by atoms with E-state index in [2.05, 4.69) is 43.6 Å². The Labute approximate surface area is 244 Å². The van der Waals surface area contributed by atoms with Crippen LogP contribution in [0.4, 0.5) is 4.79 Å². The third kappa shape index (κ3) is 6.26. The van der Waals surface area contributed by atoms with E-state index in [9.17, 15) is 24.0 Å². The van der Waals surface area contributed by atoms with Crippen molar-refractivity contribution in [2.45, 2.75) is 123 Å². The molecule has 5 atom stereocenters. The Morgan fingerprint density at radius 2 is 1.51 bits per heavy atom. The predicted octanol–water partition coefficient (Wildman–Crippen LogP) is 2.88. The first kappa shape index (κ1) is 31.3. The maximum absolute atomic E-state index is 14.5. The Morgan fingerprint density at radius 3 is 2.05 bits per heavy atom. The number of Topliss-reactive ketones (excluding diaryl/α,β-unsaturated/α-hetero) is 1. The molecule has 0 radical (unpaired) electrons. The second kappa shape index (κ2) is 11.2. The molecular formula is C31H51N5O5. The molecule has 4 aliphatic rings. The lowest BCUT2D eigenvalue weighted by Gasteiger charge is -2.63. The van der Waals surface area contributed by atoms with Crippen LogP contribution in [0.1, 0.15) is 99.8 Å². The average molecular weight is 574 g/mol. The molecule has 4 rings (SSSR count). The van der Waals surface area contributed by atoms with Crippen molar-refractivity contribution in [1.29, 1.82) is 0 Å². The van der Waals surface area contributed by atoms with Crippen LogP contribution in [0.15, 0.2) is 0 Å². The number of carbonyl (C=O) groups excluding carboxylic acids is 5. The molecule has 1 heterocycles. The van der Waals surface area contributed by atoms with Crippen LogP contribution in [0.25, 0.3) is 0 Å². The van der Waals surface area contributed by atoms with Crippen molar-refractivity contribution in [2.75, 3.05) is 6.54 Å². The number of hydrogen-bond donors (Lipinski definition) is 4. The Balaban J connectivity index is 1.64. The van der Waals surface area contributed by atoms with Crippen molar-refractivity contribution < 1.29 is 24.0 Å². The summed E-state index contributed by atoms with van der Waals surface area (Å²) < 4.78 is 0. The summed E-state index contributed by atoms with van der Waals surface area (Å²) in [6.07, 6.45) is 7.01. The molecule has 1 saturated heterocycles. The Hall–Kier alpha value is -2.65. The van der Waals surface area contributed by atoms with E-state index in [0.717, 1.165) is 44.9 Å². The van der Waals surface area contributed by atoms with Crippen LogP contribution in [0.3, 0.4) is 0 Å². The van der Waals surface area contributed by atoms with Gasteiger partial charge in [0.05, 0.1) is 6.04 Å². The van der Waals surface area contributed by atoms with Crippen LogP contribution < -0.4 is 21.7 Å². The van der Waals surface area contributed by atoms with Crippen LogP contribution >= 0.6 is 0 Å². The standard InChI is InChI=1S/C31H51N5O5/c1-29(2,3)35-28(41)34-22(18-11-9-8-10-12-18)27(40)36-16-19-21(31(6,7)30(19,4)5)23(36)26(39)33-20(15-17-13-14-17)24(37)25(32)38/h17-23H,8-16H2,1-7H3,(H2,32,38)(H,33,39)(H2,34,35,41)/t19-,20?,21-,22-,23-/m0/s1. The van der Waals surface area contributed by atoms with E-state index in [1.165, 1.54) is 0 Å². The molecule has 5 amide bonds. The SMILES string of the molecule is CC(C)(C)NC(=O)N[C@H](C(=O)N1C[C@H]2[C@@H]([C@H]1C(=O)NC(CC1CC1)C(=O)C(N)=O)C(C)(C)C2(C)C)C1CCCCC1. The summed E-state index contributed by atoms with van der Waals surface area (Å²) in [6, 6.07) is -2.96. The molecule has 41 heavy (non-hydrogen) atoms. The average Bonchev–Trinajstić information content (AvgIpc) is 3.60. The summed E-state index contributed by atoms with van der Waals surface area (Å²) >= 11 is 0. The van der Waals surface area contributed by atoms with E-state index in [0.29, 0.717) is 13.0 Å². The van der Waals surface area contributed by atoms with E-state index >= 15 is 0 Å². The Kier molecular flexibility index (Phi) is 8.56. The summed E-state index contributed by atoms with van der Waals surface area (Å²) in [5.41, 5.74) is 4.48. The Morgan fingerprint density at radius 1 is 0.902 bits per heavy atom. The minimum atomic E-state index is -1.07. The van der Waals surface area contributed by atoms with E-state index in [1.54, 1.807) is 4.90 Å². The molecular weight excluding hydrogens is 522 g/mol. The second-order valence-corrected chi connectivity index (χ2v) is 15.2. The highest BCUT2D eigenvalue weighted by Gasteiger charge is 2.70. The molecule has 0 spiro atoms. The van der Waals surface area contributed by atoms with Crippen molar-refractivity contribution in [2.24, 2.45) is 40.2 Å². The first-order chi connectivity index (χ1) is 19.0. The normalized spacial score (nSPS) is 28.5. The number of nitrogens with two attached hydrogens (primary N) is 1. The fourth-order valence-corrected chi connectivity index (χ4v) is 7.66. The number of amides is 5. The van der Waals surface area contributed by atoms with Gasteiger partial charge < -0.3 is 26.6 Å². The van der Waals surface area contributed by atoms with Gasteiger partial charge in [0, 0.05) is 12.1 Å². The molecule has 4 fully saturated rings. The van der Waals surface area contributed by atoms with Gasteiger partial charge >= 0.3 is 6.03 Å². The van der Waals surface area contributed by atoms with Gasteiger partial charge in [0.2, 0.25) is 17.6 Å². The highest BCUT2D eigenvalue weighted by Crippen LogP contribution is 2.68. The molecule has 3 aliphatic carbocycles. The fourth-order valence-electron chi connectivity index (χ4n) is 7.66. The van der Waals surface area contributed by atoms with Gasteiger partial charge in [-0.3, -0.25) is 19.2 Å². The molecule has 10 heteroatoms. The topological polar surface area (TPSA) is 151 Å². The minimum Gasteiger partial charge on any atom is -0.363 e. The molecule has 1 unspecified atom stereocenters. The van der Waals surface area contributed by atoms with Gasteiger partial charge in [0.1, 0.15) is 12.1 Å². The molecule has 0 aromatic heterocycles. The largest absolute Gasteiger partial charge is 0.363 e. The molecule has 0 bridgehead atoms. The van der Waals surface area contributed by atoms with Gasteiger partial charge in [0.25, 0.3) is 5.91 Å². The first-order valence-corrected chi connectivity index (χ1v) is 15.5. The second-order valence-electron chi connectivity index (χ2n) is 15.2. The van der Waals surface area contributed by atoms with Gasteiger partial charge in [-0.05, 0) is 74.5 Å². The van der Waals surface area contributed by atoms with Crippen molar-refractivity contribution in [1.82, 2.24) is 20.9 Å². The number of nitrogens with one attached hydrogen (secondary N) is 3. The Bertz CT molecular complexity index is 1070. The van der Waals surface area contributed by atoms with Gasteiger partial charge in [-0.2, -0.15) is 0 Å². The third-order valence-corrected chi connectivity index (χ3v) is 10.8. The highest BCUT2D eigenvalue weighted by atomic mass is 16.2. The molecule has 10 nitrogen and oxygen atoms in total. The van der Waals surface area contributed by atoms with E-state index < -0.39 is 47.3 Å². The first-order valence-electron chi connectivity index (χ1n) is 15.5. The summed E-state index contributed by atoms with van der Waals surface area (Å²) in [7, 11) is 0. The van der Waals surface area contributed by atoms with E-state index in [-0.39, 0.29) is 40.4 Å². The molecule has 230 valence electrons. The van der Waals surface area contributed by atoms with Crippen LogP contribution in [0.5, 0.6) is 0 Å². The zero-order valence-electron chi connectivity index (χ0n) is 26.0. The number of primary amides is 1. The van der Waals surface area contributed by atoms with Crippen LogP contribution in [0.2, 0.25) is 0 Å². The maximum atomic E-state index is 14.5. The lowest BCUT2D eigenvalue weighted by Crippen LogP contribution is -2.65. The quantitative estimate of drug-likeness (QED) is 0.313. The van der Waals surface area contributed by atoms with Crippen molar-refractivity contribution in [3.05, 3.63) is 0 Å². The molecule has 1 aliphatic heterocycles. The molecule has 5 N–H and O–H groups in total. The zero-order valence-corrected chi connectivity index (χ0v) is 26.0. The predicted molar refractivity (Wildman–Crippen MR) is 155 cm³/mol. The third-order valence-electron chi connectivity index (χ3n) is 10.8. The van der Waals surface area contributed by atoms with Gasteiger partial charge in [-0.15, -0.1) is 0 Å². The summed E-state index contributed by atoms with van der Waals surface area (Å²) in [4.78, 5) is 67.8. The fraction of sp³-hybridized carbons (Fsp3) is 0.839. The minimum absolute atomic E-state index is 0.0241. The number of likely N-dealkylation sites (tertiary alicyclic amines) is 1. The number of nitrogens with zero attached hydrogens (tertiary/aromatic N) is 1. The number of fused-ring (bicyclic) bond motifs is 1. The smallest absolute Gasteiger partial charge is 0.315 e. The van der Waals surface area contributed by atoms with Gasteiger partial charge in [-0.25, -0.2) is 4.79 Å². The van der Waals surface area contributed by atoms with E-state index in [4.69, 9.17) is 5.73 Å². The number of carbonyl (C=O) groups is 5. The van der Waals surface area contributed by atoms with Crippen LogP contribution in [-0.2, 0) is 19.2 Å². The monoisotopic (exact) mass is 573 g/mol. The lowest BCUT2D eigenvalue weighted by atomic mass is 9.40.